The molecule has 0 spiro atoms. The lowest BCUT2D eigenvalue weighted by Crippen LogP contribution is -2.29. The zero-order chi connectivity index (χ0) is 24.1. The minimum Gasteiger partial charge on any atom is -0.293 e. The largest absolute Gasteiger partial charge is 0.329 e. The summed E-state index contributed by atoms with van der Waals surface area (Å²) in [6.07, 6.45) is 10.3. The first-order valence-corrected chi connectivity index (χ1v) is 11.8. The zero-order valence-electron chi connectivity index (χ0n) is 19.6. The second-order valence-electron chi connectivity index (χ2n) is 9.34. The van der Waals surface area contributed by atoms with Crippen molar-refractivity contribution in [1.82, 2.24) is 28.9 Å². The fourth-order valence-electron chi connectivity index (χ4n) is 5.26. The van der Waals surface area contributed by atoms with Crippen LogP contribution in [0.4, 0.5) is 0 Å². The molecular weight excluding hydrogens is 442 g/mol. The second kappa shape index (κ2) is 8.26. The van der Waals surface area contributed by atoms with Crippen molar-refractivity contribution >= 4 is 21.9 Å². The van der Waals surface area contributed by atoms with E-state index in [4.69, 9.17) is 0 Å². The van der Waals surface area contributed by atoms with Crippen LogP contribution in [-0.4, -0.2) is 34.9 Å². The molecule has 5 aromatic rings. The number of aryl methyl sites for hydroxylation is 2. The van der Waals surface area contributed by atoms with E-state index >= 15 is 0 Å². The third kappa shape index (κ3) is 3.54. The molecule has 4 heterocycles. The lowest BCUT2D eigenvalue weighted by molar-refractivity contribution is 0.323. The number of nitrogens with zero attached hydrogens (tertiary/aromatic N) is 7. The van der Waals surface area contributed by atoms with Gasteiger partial charge in [0.2, 0.25) is 0 Å². The second-order valence-corrected chi connectivity index (χ2v) is 9.34. The Morgan fingerprint density at radius 2 is 1.71 bits per heavy atom. The number of hydrogen-bond acceptors (Lipinski definition) is 6. The number of aromatic nitrogens is 6. The highest BCUT2D eigenvalue weighted by Gasteiger charge is 2.27. The Labute approximate surface area is 201 Å². The van der Waals surface area contributed by atoms with Crippen LogP contribution in [0.3, 0.4) is 0 Å². The Balaban J connectivity index is 1.47. The molecule has 35 heavy (non-hydrogen) atoms. The third-order valence-electron chi connectivity index (χ3n) is 7.19. The van der Waals surface area contributed by atoms with Gasteiger partial charge in [0, 0.05) is 49.0 Å². The summed E-state index contributed by atoms with van der Waals surface area (Å²) in [5.74, 6) is 0. The van der Waals surface area contributed by atoms with Crippen LogP contribution in [0.15, 0.2) is 65.1 Å². The molecule has 4 aromatic heterocycles. The van der Waals surface area contributed by atoms with Gasteiger partial charge in [-0.25, -0.2) is 4.79 Å². The van der Waals surface area contributed by atoms with E-state index in [0.29, 0.717) is 12.8 Å². The molecule has 0 N–H and O–H groups in total. The van der Waals surface area contributed by atoms with Crippen LogP contribution in [0.5, 0.6) is 0 Å². The molecule has 0 amide bonds. The van der Waals surface area contributed by atoms with Crippen molar-refractivity contribution in [3.63, 3.8) is 0 Å². The summed E-state index contributed by atoms with van der Waals surface area (Å²) in [5.41, 5.74) is 6.31. The van der Waals surface area contributed by atoms with Crippen molar-refractivity contribution < 1.29 is 0 Å². The zero-order valence-corrected chi connectivity index (χ0v) is 19.6. The molecule has 1 aliphatic rings. The van der Waals surface area contributed by atoms with Crippen LogP contribution in [0, 0.1) is 4.91 Å². The number of rotatable bonds is 4. The molecule has 1 aromatic carbocycles. The molecular formula is C26H25N7O2. The van der Waals surface area contributed by atoms with Crippen molar-refractivity contribution in [2.75, 3.05) is 0 Å². The summed E-state index contributed by atoms with van der Waals surface area (Å²) >= 11 is 0. The first-order chi connectivity index (χ1) is 17.0. The lowest BCUT2D eigenvalue weighted by atomic mass is 9.91. The van der Waals surface area contributed by atoms with Crippen LogP contribution in [-0.2, 0) is 14.1 Å². The molecule has 0 saturated heterocycles. The van der Waals surface area contributed by atoms with E-state index < -0.39 is 0 Å². The highest BCUT2D eigenvalue weighted by atomic mass is 16.3. The van der Waals surface area contributed by atoms with Gasteiger partial charge in [0.15, 0.2) is 0 Å². The third-order valence-corrected chi connectivity index (χ3v) is 7.19. The first kappa shape index (κ1) is 21.4. The van der Waals surface area contributed by atoms with Crippen LogP contribution >= 0.6 is 0 Å². The van der Waals surface area contributed by atoms with Gasteiger partial charge >= 0.3 is 5.69 Å². The molecule has 0 radical (unpaired) electrons. The van der Waals surface area contributed by atoms with Crippen molar-refractivity contribution in [2.45, 2.75) is 37.8 Å². The average molecular weight is 468 g/mol. The van der Waals surface area contributed by atoms with E-state index in [9.17, 15) is 9.70 Å². The maximum Gasteiger partial charge on any atom is 0.329 e. The number of pyridine rings is 2. The molecule has 9 heteroatoms. The van der Waals surface area contributed by atoms with Gasteiger partial charge in [-0.2, -0.15) is 10.0 Å². The maximum atomic E-state index is 13.3. The quantitative estimate of drug-likeness (QED) is 0.360. The molecule has 0 unspecified atom stereocenters. The molecule has 1 aliphatic carbocycles. The monoisotopic (exact) mass is 467 g/mol. The molecule has 6 rings (SSSR count). The molecule has 0 aliphatic heterocycles. The van der Waals surface area contributed by atoms with Gasteiger partial charge in [-0.05, 0) is 49.4 Å². The summed E-state index contributed by atoms with van der Waals surface area (Å²) in [6.45, 7) is 0. The first-order valence-electron chi connectivity index (χ1n) is 11.8. The molecule has 176 valence electrons. The van der Waals surface area contributed by atoms with Gasteiger partial charge in [-0.3, -0.25) is 23.8 Å². The van der Waals surface area contributed by atoms with Crippen LogP contribution in [0.1, 0.15) is 31.7 Å². The number of fused-ring (bicyclic) bond motifs is 3. The minimum atomic E-state index is -0.149. The summed E-state index contributed by atoms with van der Waals surface area (Å²) < 4.78 is 5.34. The Hall–Kier alpha value is -4.14. The standard InChI is InChI=1S/C26H25N7O2/c1-31-15-18(13-29-31)22-9-4-17(12-27-22)16-3-10-23-21(11-16)25-24(14-28-23)32(2)26(34)33(25)20-7-5-19(30-35)6-8-20/h3-4,9-15,19-20H,5-8H2,1-2H3. The van der Waals surface area contributed by atoms with Crippen LogP contribution in [0.2, 0.25) is 0 Å². The normalized spacial score (nSPS) is 18.3. The molecule has 1 saturated carbocycles. The van der Waals surface area contributed by atoms with Crippen molar-refractivity contribution in [2.24, 2.45) is 19.3 Å². The van der Waals surface area contributed by atoms with Gasteiger partial charge in [-0.15, -0.1) is 0 Å². The van der Waals surface area contributed by atoms with E-state index in [0.717, 1.165) is 57.2 Å². The van der Waals surface area contributed by atoms with Gasteiger partial charge in [0.05, 0.1) is 40.7 Å². The minimum absolute atomic E-state index is 0.0406. The van der Waals surface area contributed by atoms with Crippen molar-refractivity contribution in [3.05, 3.63) is 70.5 Å². The van der Waals surface area contributed by atoms with Crippen LogP contribution in [0.25, 0.3) is 44.3 Å². The highest BCUT2D eigenvalue weighted by Crippen LogP contribution is 2.35. The molecule has 0 atom stereocenters. The topological polar surface area (TPSA) is 100.0 Å². The number of hydrogen-bond donors (Lipinski definition) is 0. The molecule has 1 fully saturated rings. The summed E-state index contributed by atoms with van der Waals surface area (Å²) in [6, 6.07) is 10.1. The van der Waals surface area contributed by atoms with Crippen molar-refractivity contribution in [3.8, 4) is 22.4 Å². The highest BCUT2D eigenvalue weighted by molar-refractivity contribution is 6.04. The van der Waals surface area contributed by atoms with Crippen molar-refractivity contribution in [1.29, 1.82) is 0 Å². The number of nitroso groups, excluding NO2 is 1. The van der Waals surface area contributed by atoms with Gasteiger partial charge in [0.25, 0.3) is 0 Å². The Bertz CT molecular complexity index is 1620. The lowest BCUT2D eigenvalue weighted by Gasteiger charge is -2.26. The van der Waals surface area contributed by atoms with E-state index in [1.807, 2.05) is 42.2 Å². The maximum absolute atomic E-state index is 13.3. The Morgan fingerprint density at radius 3 is 2.40 bits per heavy atom. The predicted molar refractivity (Wildman–Crippen MR) is 135 cm³/mol. The van der Waals surface area contributed by atoms with E-state index in [-0.39, 0.29) is 17.8 Å². The number of imidazole rings is 1. The molecule has 0 bridgehead atoms. The van der Waals surface area contributed by atoms with E-state index in [1.165, 1.54) is 0 Å². The smallest absolute Gasteiger partial charge is 0.293 e. The summed E-state index contributed by atoms with van der Waals surface area (Å²) in [7, 11) is 3.67. The Morgan fingerprint density at radius 1 is 0.914 bits per heavy atom. The Kier molecular flexibility index (Phi) is 5.05. The number of benzene rings is 1. The van der Waals surface area contributed by atoms with E-state index in [1.54, 1.807) is 28.7 Å². The summed E-state index contributed by atoms with van der Waals surface area (Å²) in [5, 5.41) is 8.38. The predicted octanol–water partition coefficient (Wildman–Crippen LogP) is 4.60. The summed E-state index contributed by atoms with van der Waals surface area (Å²) in [4.78, 5) is 33.6. The molecule has 9 nitrogen and oxygen atoms in total. The average Bonchev–Trinajstić information content (AvgIpc) is 3.45. The van der Waals surface area contributed by atoms with Crippen LogP contribution < -0.4 is 5.69 Å². The fourth-order valence-corrected chi connectivity index (χ4v) is 5.26. The van der Waals surface area contributed by atoms with Gasteiger partial charge < -0.3 is 0 Å². The van der Waals surface area contributed by atoms with E-state index in [2.05, 4.69) is 32.4 Å². The fraction of sp³-hybridized carbons (Fsp3) is 0.308. The van der Waals surface area contributed by atoms with Gasteiger partial charge in [-0.1, -0.05) is 17.3 Å². The SMILES string of the molecule is Cn1cc(-c2ccc(-c3ccc4ncc5c(c4c3)n(C3CCC(N=O)CC3)c(=O)n5C)cn2)cn1. The van der Waals surface area contributed by atoms with Gasteiger partial charge in [0.1, 0.15) is 0 Å².